The van der Waals surface area contributed by atoms with Gasteiger partial charge in [0.1, 0.15) is 11.5 Å². The van der Waals surface area contributed by atoms with Crippen LogP contribution in [0.4, 0.5) is 5.69 Å². The van der Waals surface area contributed by atoms with E-state index in [9.17, 15) is 0 Å². The molecule has 0 spiro atoms. The minimum absolute atomic E-state index is 0.557. The van der Waals surface area contributed by atoms with Gasteiger partial charge >= 0.3 is 0 Å². The van der Waals surface area contributed by atoms with Crippen LogP contribution in [0, 0.1) is 0 Å². The summed E-state index contributed by atoms with van der Waals surface area (Å²) in [5.41, 5.74) is 2.32. The van der Waals surface area contributed by atoms with E-state index < -0.39 is 0 Å². The van der Waals surface area contributed by atoms with Crippen LogP contribution in [0.25, 0.3) is 0 Å². The lowest BCUT2D eigenvalue weighted by molar-refractivity contribution is 0.287. The van der Waals surface area contributed by atoms with E-state index in [0.29, 0.717) is 6.73 Å². The summed E-state index contributed by atoms with van der Waals surface area (Å²) in [5.74, 6) is 1.82. The normalized spacial score (nSPS) is 13.7. The number of fused-ring (bicyclic) bond motifs is 1. The number of para-hydroxylation sites is 1. The van der Waals surface area contributed by atoms with Crippen molar-refractivity contribution in [2.75, 3.05) is 18.7 Å². The molecule has 1 aliphatic rings. The number of halogens is 1. The van der Waals surface area contributed by atoms with Gasteiger partial charge in [-0.15, -0.1) is 0 Å². The van der Waals surface area contributed by atoms with Gasteiger partial charge in [0.2, 0.25) is 0 Å². The molecule has 19 heavy (non-hydrogen) atoms. The summed E-state index contributed by atoms with van der Waals surface area (Å²) >= 11 is 3.52. The number of methoxy groups -OCH3 is 1. The predicted octanol–water partition coefficient (Wildman–Crippen LogP) is 3.81. The first-order valence-corrected chi connectivity index (χ1v) is 6.86. The molecule has 2 aromatic carbocycles. The van der Waals surface area contributed by atoms with E-state index in [1.807, 2.05) is 36.4 Å². The molecule has 4 heteroatoms. The highest BCUT2D eigenvalue weighted by Gasteiger charge is 2.19. The maximum Gasteiger partial charge on any atom is 0.161 e. The molecule has 0 amide bonds. The van der Waals surface area contributed by atoms with E-state index in [1.165, 1.54) is 5.56 Å². The van der Waals surface area contributed by atoms with Gasteiger partial charge in [0.15, 0.2) is 6.73 Å². The number of hydrogen-bond donors (Lipinski definition) is 0. The Hall–Kier alpha value is -1.68. The molecule has 0 saturated heterocycles. The van der Waals surface area contributed by atoms with Gasteiger partial charge in [-0.25, -0.2) is 0 Å². The number of rotatable bonds is 2. The number of benzene rings is 2. The summed E-state index contributed by atoms with van der Waals surface area (Å²) in [6.07, 6.45) is 0. The lowest BCUT2D eigenvalue weighted by Crippen LogP contribution is -2.31. The molecule has 2 aromatic rings. The van der Waals surface area contributed by atoms with Crippen molar-refractivity contribution in [1.29, 1.82) is 0 Å². The van der Waals surface area contributed by atoms with Crippen LogP contribution in [-0.2, 0) is 6.54 Å². The molecular formula is C15H14BrNO2. The van der Waals surface area contributed by atoms with Gasteiger partial charge in [0.25, 0.3) is 0 Å². The molecule has 0 fully saturated rings. The maximum absolute atomic E-state index is 5.83. The summed E-state index contributed by atoms with van der Waals surface area (Å²) in [7, 11) is 1.67. The standard InChI is InChI=1S/C15H14BrNO2/c1-18-13-7-5-12(6-8-13)17-9-11-3-2-4-14(16)15(11)19-10-17/h2-8H,9-10H2,1H3. The summed E-state index contributed by atoms with van der Waals surface area (Å²) in [5, 5.41) is 0. The van der Waals surface area contributed by atoms with E-state index in [1.54, 1.807) is 7.11 Å². The molecule has 0 radical (unpaired) electrons. The molecule has 0 bridgehead atoms. The van der Waals surface area contributed by atoms with Crippen molar-refractivity contribution < 1.29 is 9.47 Å². The van der Waals surface area contributed by atoms with Gasteiger partial charge in [0, 0.05) is 17.8 Å². The van der Waals surface area contributed by atoms with Crippen LogP contribution >= 0.6 is 15.9 Å². The van der Waals surface area contributed by atoms with Crippen LogP contribution < -0.4 is 14.4 Å². The Bertz CT molecular complexity index is 583. The molecule has 0 aromatic heterocycles. The van der Waals surface area contributed by atoms with Crippen molar-refractivity contribution in [2.24, 2.45) is 0 Å². The van der Waals surface area contributed by atoms with Crippen LogP contribution in [-0.4, -0.2) is 13.8 Å². The van der Waals surface area contributed by atoms with Gasteiger partial charge in [0.05, 0.1) is 11.6 Å². The zero-order valence-electron chi connectivity index (χ0n) is 10.6. The highest BCUT2D eigenvalue weighted by atomic mass is 79.9. The number of ether oxygens (including phenoxy) is 2. The molecule has 3 nitrogen and oxygen atoms in total. The molecule has 1 aliphatic heterocycles. The average Bonchev–Trinajstić information content (AvgIpc) is 2.47. The zero-order valence-corrected chi connectivity index (χ0v) is 12.2. The molecule has 0 N–H and O–H groups in total. The minimum Gasteiger partial charge on any atom is -0.497 e. The fourth-order valence-electron chi connectivity index (χ4n) is 2.19. The Morgan fingerprint density at radius 3 is 2.68 bits per heavy atom. The van der Waals surface area contributed by atoms with Gasteiger partial charge in [-0.05, 0) is 46.3 Å². The first kappa shape index (κ1) is 12.4. The number of hydrogen-bond acceptors (Lipinski definition) is 3. The van der Waals surface area contributed by atoms with E-state index in [-0.39, 0.29) is 0 Å². The second kappa shape index (κ2) is 5.13. The van der Waals surface area contributed by atoms with Crippen LogP contribution in [0.5, 0.6) is 11.5 Å². The topological polar surface area (TPSA) is 21.7 Å². The summed E-state index contributed by atoms with van der Waals surface area (Å²) < 4.78 is 12.0. The van der Waals surface area contributed by atoms with Gasteiger partial charge < -0.3 is 14.4 Å². The highest BCUT2D eigenvalue weighted by Crippen LogP contribution is 2.34. The third-order valence-electron chi connectivity index (χ3n) is 3.21. The molecule has 0 unspecified atom stereocenters. The summed E-state index contributed by atoms with van der Waals surface area (Å²) in [4.78, 5) is 2.19. The largest absolute Gasteiger partial charge is 0.497 e. The smallest absolute Gasteiger partial charge is 0.161 e. The molecule has 1 heterocycles. The molecular weight excluding hydrogens is 306 g/mol. The Balaban J connectivity index is 1.85. The van der Waals surface area contributed by atoms with Crippen molar-refractivity contribution in [3.63, 3.8) is 0 Å². The van der Waals surface area contributed by atoms with Crippen molar-refractivity contribution in [3.05, 3.63) is 52.5 Å². The van der Waals surface area contributed by atoms with Gasteiger partial charge in [-0.2, -0.15) is 0 Å². The fourth-order valence-corrected chi connectivity index (χ4v) is 2.71. The first-order chi connectivity index (χ1) is 9.28. The van der Waals surface area contributed by atoms with E-state index >= 15 is 0 Å². The maximum atomic E-state index is 5.83. The van der Waals surface area contributed by atoms with E-state index in [2.05, 4.69) is 26.9 Å². The Morgan fingerprint density at radius 1 is 1.16 bits per heavy atom. The lowest BCUT2D eigenvalue weighted by Gasteiger charge is -2.31. The second-order valence-electron chi connectivity index (χ2n) is 4.40. The second-order valence-corrected chi connectivity index (χ2v) is 5.25. The van der Waals surface area contributed by atoms with Gasteiger partial charge in [-0.3, -0.25) is 0 Å². The summed E-state index contributed by atoms with van der Waals surface area (Å²) in [6, 6.07) is 14.1. The van der Waals surface area contributed by atoms with Crippen LogP contribution in [0.3, 0.4) is 0 Å². The van der Waals surface area contributed by atoms with Crippen LogP contribution in [0.2, 0.25) is 0 Å². The number of anilines is 1. The Morgan fingerprint density at radius 2 is 1.95 bits per heavy atom. The zero-order chi connectivity index (χ0) is 13.2. The third-order valence-corrected chi connectivity index (χ3v) is 3.84. The summed E-state index contributed by atoms with van der Waals surface area (Å²) in [6.45, 7) is 1.41. The van der Waals surface area contributed by atoms with E-state index in [4.69, 9.17) is 9.47 Å². The van der Waals surface area contributed by atoms with Crippen LogP contribution in [0.15, 0.2) is 46.9 Å². The van der Waals surface area contributed by atoms with E-state index in [0.717, 1.165) is 28.2 Å². The van der Waals surface area contributed by atoms with Crippen LogP contribution in [0.1, 0.15) is 5.56 Å². The molecule has 3 rings (SSSR count). The fraction of sp³-hybridized carbons (Fsp3) is 0.200. The molecule has 0 saturated carbocycles. The van der Waals surface area contributed by atoms with Crippen molar-refractivity contribution in [1.82, 2.24) is 0 Å². The lowest BCUT2D eigenvalue weighted by atomic mass is 10.1. The molecule has 0 atom stereocenters. The minimum atomic E-state index is 0.557. The Kier molecular flexibility index (Phi) is 3.34. The van der Waals surface area contributed by atoms with Gasteiger partial charge in [-0.1, -0.05) is 12.1 Å². The van der Waals surface area contributed by atoms with Crippen molar-refractivity contribution in [2.45, 2.75) is 6.54 Å². The SMILES string of the molecule is COc1ccc(N2COc3c(Br)cccc3C2)cc1. The highest BCUT2D eigenvalue weighted by molar-refractivity contribution is 9.10. The molecule has 98 valence electrons. The van der Waals surface area contributed by atoms with Crippen molar-refractivity contribution >= 4 is 21.6 Å². The average molecular weight is 320 g/mol. The Labute approximate surface area is 120 Å². The quantitative estimate of drug-likeness (QED) is 0.840. The predicted molar refractivity (Wildman–Crippen MR) is 78.8 cm³/mol. The third kappa shape index (κ3) is 2.40. The number of nitrogens with zero attached hydrogens (tertiary/aromatic N) is 1. The first-order valence-electron chi connectivity index (χ1n) is 6.07. The molecule has 0 aliphatic carbocycles. The monoisotopic (exact) mass is 319 g/mol. The van der Waals surface area contributed by atoms with Crippen molar-refractivity contribution in [3.8, 4) is 11.5 Å².